The molecule has 30 heavy (non-hydrogen) atoms. The van der Waals surface area contributed by atoms with Crippen molar-refractivity contribution in [3.63, 3.8) is 0 Å². The van der Waals surface area contributed by atoms with Gasteiger partial charge in [0, 0.05) is 4.90 Å². The lowest BCUT2D eigenvalue weighted by Crippen LogP contribution is -2.30. The number of aromatic nitrogens is 1. The largest absolute Gasteiger partial charge is 0.279 e. The first-order valence-corrected chi connectivity index (χ1v) is 11.8. The standard InChI is InChI=1S/C25H24N2OS2/c1-4-29-22-13-9-8-12-20(22)24(28)27(16-19-10-6-5-7-11-19)25-26-21-14-17(2)18(3)15-23(21)30-25/h5-15H,4,16H2,1-3H3. The van der Waals surface area contributed by atoms with E-state index >= 15 is 0 Å². The molecule has 1 aromatic heterocycles. The number of carbonyl (C=O) groups is 1. The third kappa shape index (κ3) is 4.27. The molecular formula is C25H24N2OS2. The fraction of sp³-hybridized carbons (Fsp3) is 0.200. The molecule has 0 aliphatic heterocycles. The monoisotopic (exact) mass is 432 g/mol. The van der Waals surface area contributed by atoms with Crippen LogP contribution >= 0.6 is 23.1 Å². The summed E-state index contributed by atoms with van der Waals surface area (Å²) in [6, 6.07) is 22.2. The summed E-state index contributed by atoms with van der Waals surface area (Å²) < 4.78 is 1.11. The van der Waals surface area contributed by atoms with E-state index in [1.165, 1.54) is 11.1 Å². The average molecular weight is 433 g/mol. The topological polar surface area (TPSA) is 33.2 Å². The smallest absolute Gasteiger partial charge is 0.261 e. The number of fused-ring (bicyclic) bond motifs is 1. The Morgan fingerprint density at radius 1 is 1.00 bits per heavy atom. The summed E-state index contributed by atoms with van der Waals surface area (Å²) in [5, 5.41) is 0.736. The summed E-state index contributed by atoms with van der Waals surface area (Å²) in [5.41, 5.74) is 5.21. The Morgan fingerprint density at radius 3 is 2.47 bits per heavy atom. The molecule has 0 saturated carbocycles. The molecule has 0 aliphatic rings. The van der Waals surface area contributed by atoms with Crippen LogP contribution in [0.1, 0.15) is 34.0 Å². The number of hydrogen-bond donors (Lipinski definition) is 0. The summed E-state index contributed by atoms with van der Waals surface area (Å²) in [7, 11) is 0. The van der Waals surface area contributed by atoms with E-state index in [4.69, 9.17) is 4.98 Å². The van der Waals surface area contributed by atoms with Gasteiger partial charge in [-0.3, -0.25) is 9.69 Å². The third-order valence-corrected chi connectivity index (χ3v) is 7.07. The van der Waals surface area contributed by atoms with Gasteiger partial charge in [0.25, 0.3) is 5.91 Å². The molecule has 0 unspecified atom stereocenters. The Bertz CT molecular complexity index is 1150. The molecule has 5 heteroatoms. The lowest BCUT2D eigenvalue weighted by atomic mass is 10.1. The highest BCUT2D eigenvalue weighted by molar-refractivity contribution is 7.99. The zero-order valence-corrected chi connectivity index (χ0v) is 19.0. The van der Waals surface area contributed by atoms with E-state index in [1.54, 1.807) is 23.1 Å². The number of thioether (sulfide) groups is 1. The van der Waals surface area contributed by atoms with Crippen LogP contribution in [-0.2, 0) is 6.54 Å². The van der Waals surface area contributed by atoms with Gasteiger partial charge in [-0.1, -0.05) is 60.7 Å². The molecule has 3 nitrogen and oxygen atoms in total. The Kier molecular flexibility index (Phi) is 6.21. The number of aryl methyl sites for hydroxylation is 2. The predicted molar refractivity (Wildman–Crippen MR) is 129 cm³/mol. The number of benzene rings is 3. The molecule has 0 bridgehead atoms. The zero-order valence-electron chi connectivity index (χ0n) is 17.4. The van der Waals surface area contributed by atoms with Crippen molar-refractivity contribution in [3.8, 4) is 0 Å². The molecule has 1 amide bonds. The molecule has 0 saturated heterocycles. The maximum absolute atomic E-state index is 13.7. The van der Waals surface area contributed by atoms with E-state index in [-0.39, 0.29) is 5.91 Å². The maximum atomic E-state index is 13.7. The lowest BCUT2D eigenvalue weighted by Gasteiger charge is -2.21. The van der Waals surface area contributed by atoms with Crippen molar-refractivity contribution in [2.45, 2.75) is 32.2 Å². The quantitative estimate of drug-likeness (QED) is 0.312. The minimum absolute atomic E-state index is 0.0112. The van der Waals surface area contributed by atoms with Crippen LogP contribution in [0.25, 0.3) is 10.2 Å². The van der Waals surface area contributed by atoms with Gasteiger partial charge < -0.3 is 0 Å². The summed E-state index contributed by atoms with van der Waals surface area (Å²) in [5.74, 6) is 0.908. The zero-order chi connectivity index (χ0) is 21.1. The highest BCUT2D eigenvalue weighted by atomic mass is 32.2. The van der Waals surface area contributed by atoms with E-state index in [0.29, 0.717) is 6.54 Å². The number of rotatable bonds is 6. The maximum Gasteiger partial charge on any atom is 0.261 e. The van der Waals surface area contributed by atoms with E-state index in [1.807, 2.05) is 47.4 Å². The summed E-state index contributed by atoms with van der Waals surface area (Å²) in [6.07, 6.45) is 0. The van der Waals surface area contributed by atoms with Gasteiger partial charge in [0.05, 0.1) is 22.3 Å². The molecule has 3 aromatic carbocycles. The molecule has 0 radical (unpaired) electrons. The normalized spacial score (nSPS) is 11.0. The first-order chi connectivity index (χ1) is 14.6. The van der Waals surface area contributed by atoms with Crippen LogP contribution in [-0.4, -0.2) is 16.6 Å². The number of anilines is 1. The van der Waals surface area contributed by atoms with E-state index in [2.05, 4.69) is 45.0 Å². The van der Waals surface area contributed by atoms with Crippen LogP contribution in [0.5, 0.6) is 0 Å². The number of hydrogen-bond acceptors (Lipinski definition) is 4. The molecule has 4 rings (SSSR count). The van der Waals surface area contributed by atoms with Crippen LogP contribution in [0.2, 0.25) is 0 Å². The van der Waals surface area contributed by atoms with Crippen molar-refractivity contribution in [3.05, 3.63) is 89.0 Å². The van der Waals surface area contributed by atoms with Crippen molar-refractivity contribution >= 4 is 44.4 Å². The van der Waals surface area contributed by atoms with E-state index in [9.17, 15) is 4.79 Å². The van der Waals surface area contributed by atoms with Crippen molar-refractivity contribution in [2.75, 3.05) is 10.7 Å². The Hall–Kier alpha value is -2.63. The van der Waals surface area contributed by atoms with Crippen LogP contribution in [0, 0.1) is 13.8 Å². The summed E-state index contributed by atoms with van der Waals surface area (Å²) in [4.78, 5) is 21.4. The minimum atomic E-state index is -0.0112. The number of nitrogens with zero attached hydrogens (tertiary/aromatic N) is 2. The molecular weight excluding hydrogens is 408 g/mol. The SMILES string of the molecule is CCSc1ccccc1C(=O)N(Cc1ccccc1)c1nc2cc(C)c(C)cc2s1. The Morgan fingerprint density at radius 2 is 1.70 bits per heavy atom. The van der Waals surface area contributed by atoms with Gasteiger partial charge in [0.15, 0.2) is 5.13 Å². The first kappa shape index (κ1) is 20.6. The van der Waals surface area contributed by atoms with Crippen molar-refractivity contribution in [1.82, 2.24) is 4.98 Å². The molecule has 0 N–H and O–H groups in total. The lowest BCUT2D eigenvalue weighted by molar-refractivity contribution is 0.0982. The van der Waals surface area contributed by atoms with Gasteiger partial charge in [0.2, 0.25) is 0 Å². The Balaban J connectivity index is 1.80. The van der Waals surface area contributed by atoms with E-state index < -0.39 is 0 Å². The van der Waals surface area contributed by atoms with Crippen molar-refractivity contribution in [2.24, 2.45) is 0 Å². The van der Waals surface area contributed by atoms with E-state index in [0.717, 1.165) is 37.1 Å². The number of carbonyl (C=O) groups excluding carboxylic acids is 1. The fourth-order valence-electron chi connectivity index (χ4n) is 3.35. The van der Waals surface area contributed by atoms with Crippen molar-refractivity contribution < 1.29 is 4.79 Å². The van der Waals surface area contributed by atoms with Gasteiger partial charge >= 0.3 is 0 Å². The molecule has 152 valence electrons. The molecule has 0 aliphatic carbocycles. The second kappa shape index (κ2) is 9.02. The van der Waals surface area contributed by atoms with Crippen molar-refractivity contribution in [1.29, 1.82) is 0 Å². The fourth-order valence-corrected chi connectivity index (χ4v) is 5.19. The average Bonchev–Trinajstić information content (AvgIpc) is 3.15. The summed E-state index contributed by atoms with van der Waals surface area (Å²) >= 11 is 3.27. The number of thiazole rings is 1. The second-order valence-electron chi connectivity index (χ2n) is 7.21. The first-order valence-electron chi connectivity index (χ1n) is 10.0. The van der Waals surface area contributed by atoms with Gasteiger partial charge in [-0.15, -0.1) is 11.8 Å². The highest BCUT2D eigenvalue weighted by Gasteiger charge is 2.24. The van der Waals surface area contributed by atoms with Gasteiger partial charge in [-0.25, -0.2) is 4.98 Å². The summed E-state index contributed by atoms with van der Waals surface area (Å²) in [6.45, 7) is 6.80. The van der Waals surface area contributed by atoms with Crippen LogP contribution < -0.4 is 4.90 Å². The molecule has 0 fully saturated rings. The van der Waals surface area contributed by atoms with Gasteiger partial charge in [-0.05, 0) is 60.6 Å². The molecule has 4 aromatic rings. The highest BCUT2D eigenvalue weighted by Crippen LogP contribution is 2.33. The minimum Gasteiger partial charge on any atom is -0.279 e. The predicted octanol–water partition coefficient (Wildman–Crippen LogP) is 6.87. The third-order valence-electron chi connectivity index (χ3n) is 5.07. The molecule has 0 atom stereocenters. The van der Waals surface area contributed by atoms with Crippen LogP contribution in [0.4, 0.5) is 5.13 Å². The van der Waals surface area contributed by atoms with Crippen LogP contribution in [0.3, 0.4) is 0 Å². The Labute approximate surface area is 185 Å². The molecule has 1 heterocycles. The van der Waals surface area contributed by atoms with Gasteiger partial charge in [0.1, 0.15) is 0 Å². The number of amides is 1. The van der Waals surface area contributed by atoms with Crippen LogP contribution in [0.15, 0.2) is 71.6 Å². The molecule has 0 spiro atoms. The van der Waals surface area contributed by atoms with Gasteiger partial charge in [-0.2, -0.15) is 0 Å². The second-order valence-corrected chi connectivity index (χ2v) is 9.52.